The van der Waals surface area contributed by atoms with Crippen molar-refractivity contribution in [2.75, 3.05) is 37.4 Å². The first-order chi connectivity index (χ1) is 13.8. The van der Waals surface area contributed by atoms with Gasteiger partial charge in [0.1, 0.15) is 23.9 Å². The highest BCUT2D eigenvalue weighted by atomic mass is 32.2. The van der Waals surface area contributed by atoms with E-state index in [2.05, 4.69) is 5.32 Å². The highest BCUT2D eigenvalue weighted by molar-refractivity contribution is 7.92. The lowest BCUT2D eigenvalue weighted by Crippen LogP contribution is -2.51. The number of fused-ring (bicyclic) bond motifs is 1. The molecule has 0 saturated heterocycles. The average Bonchev–Trinajstić information content (AvgIpc) is 2.70. The van der Waals surface area contributed by atoms with Crippen molar-refractivity contribution in [2.45, 2.75) is 13.0 Å². The van der Waals surface area contributed by atoms with Gasteiger partial charge in [0.2, 0.25) is 10.0 Å². The second-order valence-corrected chi connectivity index (χ2v) is 8.59. The van der Waals surface area contributed by atoms with Crippen molar-refractivity contribution in [3.8, 4) is 17.2 Å². The number of carbonyl (C=O) groups is 1. The molecule has 0 spiro atoms. The maximum absolute atomic E-state index is 12.5. The van der Waals surface area contributed by atoms with E-state index >= 15 is 0 Å². The number of nitrogens with one attached hydrogen (secondary N) is 1. The molecule has 0 radical (unpaired) electrons. The molecule has 3 rings (SSSR count). The van der Waals surface area contributed by atoms with E-state index < -0.39 is 22.0 Å². The number of rotatable bonds is 7. The molecular formula is C20H24N2O6S. The van der Waals surface area contributed by atoms with Crippen molar-refractivity contribution in [2.24, 2.45) is 0 Å². The Balaban J connectivity index is 1.58. The molecule has 0 unspecified atom stereocenters. The van der Waals surface area contributed by atoms with Gasteiger partial charge in [0.15, 0.2) is 6.10 Å². The maximum Gasteiger partial charge on any atom is 0.263 e. The zero-order chi connectivity index (χ0) is 21.0. The van der Waals surface area contributed by atoms with Crippen LogP contribution >= 0.6 is 0 Å². The molecule has 0 bridgehead atoms. The molecule has 2 aromatic rings. The summed E-state index contributed by atoms with van der Waals surface area (Å²) >= 11 is 0. The number of sulfonamides is 1. The number of ether oxygens (including phenoxy) is 3. The van der Waals surface area contributed by atoms with Gasteiger partial charge in [-0.2, -0.15) is 0 Å². The molecule has 1 N–H and O–H groups in total. The Hall–Kier alpha value is -2.94. The highest BCUT2D eigenvalue weighted by Gasteiger charge is 2.34. The van der Waals surface area contributed by atoms with E-state index in [1.165, 1.54) is 4.31 Å². The number of aryl methyl sites for hydroxylation is 1. The summed E-state index contributed by atoms with van der Waals surface area (Å²) in [6, 6.07) is 12.3. The van der Waals surface area contributed by atoms with Crippen LogP contribution in [0.25, 0.3) is 0 Å². The Labute approximate surface area is 170 Å². The van der Waals surface area contributed by atoms with Gasteiger partial charge in [-0.3, -0.25) is 9.10 Å². The largest absolute Gasteiger partial charge is 0.497 e. The third-order valence-corrected chi connectivity index (χ3v) is 5.55. The lowest BCUT2D eigenvalue weighted by atomic mass is 10.1. The summed E-state index contributed by atoms with van der Waals surface area (Å²) < 4.78 is 42.0. The minimum Gasteiger partial charge on any atom is -0.497 e. The van der Waals surface area contributed by atoms with Gasteiger partial charge in [-0.05, 0) is 48.9 Å². The second-order valence-electron chi connectivity index (χ2n) is 6.69. The first-order valence-electron chi connectivity index (χ1n) is 9.07. The zero-order valence-electron chi connectivity index (χ0n) is 16.5. The monoisotopic (exact) mass is 420 g/mol. The van der Waals surface area contributed by atoms with Crippen molar-refractivity contribution in [3.05, 3.63) is 48.0 Å². The van der Waals surface area contributed by atoms with Crippen LogP contribution in [0.2, 0.25) is 0 Å². The molecule has 0 fully saturated rings. The van der Waals surface area contributed by atoms with Gasteiger partial charge in [0.25, 0.3) is 5.91 Å². The molecule has 1 amide bonds. The first-order valence-corrected chi connectivity index (χ1v) is 10.9. The number of carbonyl (C=O) groups excluding carboxylic acids is 1. The number of amides is 1. The van der Waals surface area contributed by atoms with Crippen LogP contribution < -0.4 is 23.8 Å². The fraction of sp³-hybridized carbons (Fsp3) is 0.350. The lowest BCUT2D eigenvalue weighted by molar-refractivity contribution is -0.127. The number of benzene rings is 2. The standard InChI is InChI=1S/C20H24N2O6S/c1-14-4-9-18-17(12-14)22(29(3,24)25)13-19(28-18)20(23)21-10-11-27-16-7-5-15(26-2)6-8-16/h4-9,12,19H,10-11,13H2,1-3H3,(H,21,23)/t19-/m1/s1. The molecule has 1 atom stereocenters. The summed E-state index contributed by atoms with van der Waals surface area (Å²) in [5.41, 5.74) is 1.35. The zero-order valence-corrected chi connectivity index (χ0v) is 17.4. The number of hydrogen-bond acceptors (Lipinski definition) is 6. The number of nitrogens with zero attached hydrogens (tertiary/aromatic N) is 1. The van der Waals surface area contributed by atoms with Crippen molar-refractivity contribution in [1.82, 2.24) is 5.32 Å². The molecule has 0 aliphatic carbocycles. The van der Waals surface area contributed by atoms with Crippen LogP contribution in [-0.4, -0.2) is 53.5 Å². The number of anilines is 1. The van der Waals surface area contributed by atoms with E-state index in [1.807, 2.05) is 13.0 Å². The van der Waals surface area contributed by atoms with Gasteiger partial charge in [0.05, 0.1) is 32.1 Å². The molecule has 2 aromatic carbocycles. The molecule has 0 aromatic heterocycles. The number of methoxy groups -OCH3 is 1. The van der Waals surface area contributed by atoms with Crippen LogP contribution in [0.4, 0.5) is 5.69 Å². The molecule has 1 heterocycles. The smallest absolute Gasteiger partial charge is 0.263 e. The third kappa shape index (κ3) is 5.11. The predicted octanol–water partition coefficient (Wildman–Crippen LogP) is 1.73. The lowest BCUT2D eigenvalue weighted by Gasteiger charge is -2.34. The molecule has 1 aliphatic heterocycles. The van der Waals surface area contributed by atoms with Gasteiger partial charge in [-0.1, -0.05) is 6.07 Å². The number of hydrogen-bond donors (Lipinski definition) is 1. The fourth-order valence-corrected chi connectivity index (χ4v) is 3.85. The maximum atomic E-state index is 12.5. The Bertz CT molecular complexity index is 975. The van der Waals surface area contributed by atoms with Crippen LogP contribution in [0.1, 0.15) is 5.56 Å². The molecule has 9 heteroatoms. The third-order valence-electron chi connectivity index (χ3n) is 4.41. The predicted molar refractivity (Wildman–Crippen MR) is 109 cm³/mol. The molecule has 1 aliphatic rings. The minimum absolute atomic E-state index is 0.0829. The topological polar surface area (TPSA) is 94.2 Å². The van der Waals surface area contributed by atoms with Crippen LogP contribution in [0.5, 0.6) is 17.2 Å². The summed E-state index contributed by atoms with van der Waals surface area (Å²) in [5, 5.41) is 2.72. The van der Waals surface area contributed by atoms with E-state index in [9.17, 15) is 13.2 Å². The first kappa shape index (κ1) is 20.8. The Kier molecular flexibility index (Phi) is 6.17. The quantitative estimate of drug-likeness (QED) is 0.686. The molecule has 0 saturated carbocycles. The van der Waals surface area contributed by atoms with E-state index in [-0.39, 0.29) is 19.7 Å². The van der Waals surface area contributed by atoms with Crippen LogP contribution in [0.3, 0.4) is 0 Å². The van der Waals surface area contributed by atoms with Gasteiger partial charge in [-0.15, -0.1) is 0 Å². The van der Waals surface area contributed by atoms with E-state index in [1.54, 1.807) is 43.5 Å². The molecule has 156 valence electrons. The van der Waals surface area contributed by atoms with Crippen LogP contribution in [0, 0.1) is 6.92 Å². The normalized spacial score (nSPS) is 15.8. The Morgan fingerprint density at radius 3 is 2.55 bits per heavy atom. The van der Waals surface area contributed by atoms with Crippen molar-refractivity contribution < 1.29 is 27.4 Å². The summed E-state index contributed by atoms with van der Waals surface area (Å²) in [6.07, 6.45) is 0.170. The Morgan fingerprint density at radius 2 is 1.90 bits per heavy atom. The fourth-order valence-electron chi connectivity index (χ4n) is 2.94. The summed E-state index contributed by atoms with van der Waals surface area (Å²) in [7, 11) is -1.96. The summed E-state index contributed by atoms with van der Waals surface area (Å²) in [6.45, 7) is 2.30. The second kappa shape index (κ2) is 8.60. The van der Waals surface area contributed by atoms with Crippen molar-refractivity contribution in [3.63, 3.8) is 0 Å². The van der Waals surface area contributed by atoms with Crippen molar-refractivity contribution in [1.29, 1.82) is 0 Å². The van der Waals surface area contributed by atoms with Crippen LogP contribution in [-0.2, 0) is 14.8 Å². The molecule has 29 heavy (non-hydrogen) atoms. The molecular weight excluding hydrogens is 396 g/mol. The van der Waals surface area contributed by atoms with Gasteiger partial charge < -0.3 is 19.5 Å². The SMILES string of the molecule is COc1ccc(OCCNC(=O)[C@H]2CN(S(C)(=O)=O)c3cc(C)ccc3O2)cc1. The molecule has 8 nitrogen and oxygen atoms in total. The van der Waals surface area contributed by atoms with E-state index in [4.69, 9.17) is 14.2 Å². The summed E-state index contributed by atoms with van der Waals surface area (Å²) in [5.74, 6) is 1.35. The highest BCUT2D eigenvalue weighted by Crippen LogP contribution is 2.35. The van der Waals surface area contributed by atoms with Crippen molar-refractivity contribution >= 4 is 21.6 Å². The minimum atomic E-state index is -3.55. The Morgan fingerprint density at radius 1 is 1.21 bits per heavy atom. The van der Waals surface area contributed by atoms with Gasteiger partial charge in [-0.25, -0.2) is 8.42 Å². The van der Waals surface area contributed by atoms with Crippen LogP contribution in [0.15, 0.2) is 42.5 Å². The van der Waals surface area contributed by atoms with E-state index in [0.717, 1.165) is 17.6 Å². The average molecular weight is 420 g/mol. The summed E-state index contributed by atoms with van der Waals surface area (Å²) in [4.78, 5) is 12.5. The van der Waals surface area contributed by atoms with E-state index in [0.29, 0.717) is 17.2 Å². The van der Waals surface area contributed by atoms with Gasteiger partial charge in [0, 0.05) is 0 Å². The van der Waals surface area contributed by atoms with Gasteiger partial charge >= 0.3 is 0 Å².